The highest BCUT2D eigenvalue weighted by molar-refractivity contribution is 5.95. The van der Waals surface area contributed by atoms with Crippen LogP contribution in [0.1, 0.15) is 61.4 Å². The highest BCUT2D eigenvalue weighted by Gasteiger charge is 2.16. The molecular weight excluding hydrogens is 310 g/mol. The minimum absolute atomic E-state index is 0.0215. The number of aryl methyl sites for hydroxylation is 1. The van der Waals surface area contributed by atoms with E-state index in [0.717, 1.165) is 30.6 Å². The van der Waals surface area contributed by atoms with Crippen molar-refractivity contribution < 1.29 is 4.79 Å². The van der Waals surface area contributed by atoms with E-state index in [1.165, 1.54) is 31.2 Å². The van der Waals surface area contributed by atoms with Gasteiger partial charge in [-0.05, 0) is 37.0 Å². The van der Waals surface area contributed by atoms with E-state index >= 15 is 0 Å². The van der Waals surface area contributed by atoms with Crippen LogP contribution in [0.3, 0.4) is 0 Å². The zero-order chi connectivity index (χ0) is 17.5. The van der Waals surface area contributed by atoms with Crippen molar-refractivity contribution in [3.63, 3.8) is 0 Å². The van der Waals surface area contributed by atoms with E-state index in [1.54, 1.807) is 12.4 Å². The average Bonchev–Trinajstić information content (AvgIpc) is 2.91. The van der Waals surface area contributed by atoms with Crippen LogP contribution in [0.2, 0.25) is 0 Å². The molecule has 1 amide bonds. The molecule has 132 valence electrons. The Hall–Kier alpha value is -2.36. The third-order valence-electron chi connectivity index (χ3n) is 4.87. The zero-order valence-corrected chi connectivity index (χ0v) is 14.9. The molecule has 2 N–H and O–H groups in total. The number of para-hydroxylation sites is 1. The zero-order valence-electron chi connectivity index (χ0n) is 14.9. The molecule has 4 heteroatoms. The third-order valence-corrected chi connectivity index (χ3v) is 4.87. The second kappa shape index (κ2) is 8.65. The summed E-state index contributed by atoms with van der Waals surface area (Å²) in [5.41, 5.74) is 3.77. The summed E-state index contributed by atoms with van der Waals surface area (Å²) in [5.74, 6) is -0.0215. The average molecular weight is 337 g/mol. The predicted octanol–water partition coefficient (Wildman–Crippen LogP) is 4.84. The predicted molar refractivity (Wildman–Crippen MR) is 102 cm³/mol. The van der Waals surface area contributed by atoms with Crippen molar-refractivity contribution in [2.24, 2.45) is 0 Å². The van der Waals surface area contributed by atoms with Gasteiger partial charge < -0.3 is 10.6 Å². The molecule has 1 aliphatic rings. The Morgan fingerprint density at radius 3 is 2.64 bits per heavy atom. The lowest BCUT2D eigenvalue weighted by molar-refractivity contribution is 0.0933. The van der Waals surface area contributed by atoms with Crippen LogP contribution < -0.4 is 10.6 Å². The van der Waals surface area contributed by atoms with Gasteiger partial charge in [0.15, 0.2) is 0 Å². The molecule has 1 fully saturated rings. The highest BCUT2D eigenvalue weighted by atomic mass is 16.1. The van der Waals surface area contributed by atoms with Gasteiger partial charge in [-0.25, -0.2) is 0 Å². The number of hydrogen-bond acceptors (Lipinski definition) is 3. The molecular formula is C21H27N3O. The lowest BCUT2D eigenvalue weighted by Gasteiger charge is -2.16. The van der Waals surface area contributed by atoms with Crippen molar-refractivity contribution in [3.05, 3.63) is 53.9 Å². The first kappa shape index (κ1) is 17.5. The number of anilines is 2. The van der Waals surface area contributed by atoms with Crippen LogP contribution in [0, 0.1) is 0 Å². The summed E-state index contributed by atoms with van der Waals surface area (Å²) in [6.45, 7) is 2.13. The summed E-state index contributed by atoms with van der Waals surface area (Å²) in [5, 5.41) is 6.57. The van der Waals surface area contributed by atoms with Crippen LogP contribution in [0.4, 0.5) is 11.4 Å². The monoisotopic (exact) mass is 337 g/mol. The minimum atomic E-state index is -0.0215. The number of carbonyl (C=O) groups is 1. The molecule has 1 heterocycles. The molecule has 25 heavy (non-hydrogen) atoms. The number of pyridine rings is 1. The number of amides is 1. The van der Waals surface area contributed by atoms with E-state index in [9.17, 15) is 4.79 Å². The fraction of sp³-hybridized carbons (Fsp3) is 0.429. The summed E-state index contributed by atoms with van der Waals surface area (Å²) in [7, 11) is 0. The molecule has 0 bridgehead atoms. The normalized spacial score (nSPS) is 15.4. The van der Waals surface area contributed by atoms with Gasteiger partial charge in [0.1, 0.15) is 0 Å². The number of hydrogen-bond donors (Lipinski definition) is 2. The summed E-state index contributed by atoms with van der Waals surface area (Å²) in [4.78, 5) is 16.8. The van der Waals surface area contributed by atoms with Crippen molar-refractivity contribution in [2.75, 3.05) is 5.32 Å². The van der Waals surface area contributed by atoms with Crippen LogP contribution in [-0.4, -0.2) is 16.9 Å². The van der Waals surface area contributed by atoms with Gasteiger partial charge in [-0.1, -0.05) is 50.8 Å². The molecule has 1 aliphatic carbocycles. The molecule has 2 aromatic rings. The molecule has 4 nitrogen and oxygen atoms in total. The molecule has 1 saturated carbocycles. The second-order valence-corrected chi connectivity index (χ2v) is 6.76. The van der Waals surface area contributed by atoms with Crippen molar-refractivity contribution in [3.8, 4) is 0 Å². The number of nitrogens with zero attached hydrogens (tertiary/aromatic N) is 1. The lowest BCUT2D eigenvalue weighted by Crippen LogP contribution is -2.34. The molecule has 0 atom stereocenters. The van der Waals surface area contributed by atoms with Crippen LogP contribution in [-0.2, 0) is 6.42 Å². The summed E-state index contributed by atoms with van der Waals surface area (Å²) in [6, 6.07) is 10.4. The topological polar surface area (TPSA) is 54.0 Å². The van der Waals surface area contributed by atoms with E-state index in [-0.39, 0.29) is 5.91 Å². The highest BCUT2D eigenvalue weighted by Crippen LogP contribution is 2.22. The van der Waals surface area contributed by atoms with Gasteiger partial charge >= 0.3 is 0 Å². The van der Waals surface area contributed by atoms with Crippen molar-refractivity contribution in [2.45, 2.75) is 57.9 Å². The molecule has 0 unspecified atom stereocenters. The number of benzene rings is 1. The maximum Gasteiger partial charge on any atom is 0.253 e. The Balaban J connectivity index is 1.69. The van der Waals surface area contributed by atoms with E-state index in [0.29, 0.717) is 11.6 Å². The first-order chi connectivity index (χ1) is 12.3. The molecule has 0 saturated heterocycles. The van der Waals surface area contributed by atoms with Gasteiger partial charge in [0.05, 0.1) is 17.4 Å². The molecule has 1 aromatic heterocycles. The van der Waals surface area contributed by atoms with Gasteiger partial charge in [-0.3, -0.25) is 9.78 Å². The smallest absolute Gasteiger partial charge is 0.253 e. The minimum Gasteiger partial charge on any atom is -0.354 e. The van der Waals surface area contributed by atoms with Crippen molar-refractivity contribution >= 4 is 17.3 Å². The van der Waals surface area contributed by atoms with Crippen LogP contribution in [0.25, 0.3) is 0 Å². The first-order valence-corrected chi connectivity index (χ1v) is 9.37. The number of aromatic nitrogens is 1. The van der Waals surface area contributed by atoms with Gasteiger partial charge in [0.25, 0.3) is 5.91 Å². The van der Waals surface area contributed by atoms with Crippen LogP contribution in [0.15, 0.2) is 42.7 Å². The molecule has 3 rings (SSSR count). The third kappa shape index (κ3) is 4.81. The summed E-state index contributed by atoms with van der Waals surface area (Å²) >= 11 is 0. The molecule has 0 spiro atoms. The van der Waals surface area contributed by atoms with E-state index < -0.39 is 0 Å². The van der Waals surface area contributed by atoms with E-state index in [1.807, 2.05) is 18.2 Å². The largest absolute Gasteiger partial charge is 0.354 e. The molecule has 1 aromatic carbocycles. The Labute approximate surface area is 150 Å². The first-order valence-electron chi connectivity index (χ1n) is 9.37. The fourth-order valence-electron chi connectivity index (χ4n) is 3.43. The van der Waals surface area contributed by atoms with Gasteiger partial charge in [-0.15, -0.1) is 0 Å². The van der Waals surface area contributed by atoms with Gasteiger partial charge in [0.2, 0.25) is 0 Å². The lowest BCUT2D eigenvalue weighted by atomic mass is 10.1. The number of rotatable bonds is 5. The van der Waals surface area contributed by atoms with Crippen LogP contribution >= 0.6 is 0 Å². The van der Waals surface area contributed by atoms with Crippen molar-refractivity contribution in [1.29, 1.82) is 0 Å². The van der Waals surface area contributed by atoms with Crippen molar-refractivity contribution in [1.82, 2.24) is 10.3 Å². The Morgan fingerprint density at radius 1 is 1.12 bits per heavy atom. The van der Waals surface area contributed by atoms with E-state index in [4.69, 9.17) is 0 Å². The van der Waals surface area contributed by atoms with Crippen LogP contribution in [0.5, 0.6) is 0 Å². The number of nitrogens with one attached hydrogen (secondary N) is 2. The van der Waals surface area contributed by atoms with Gasteiger partial charge in [0, 0.05) is 17.9 Å². The standard InChI is InChI=1S/C21H27N3O/c1-2-16-9-7-8-12-20(16)23-19-13-17(14-22-15-19)21(25)24-18-10-5-3-4-6-11-18/h7-9,12-15,18,23H,2-6,10-11H2,1H3,(H,24,25). The fourth-order valence-corrected chi connectivity index (χ4v) is 3.43. The van der Waals surface area contributed by atoms with E-state index in [2.05, 4.69) is 34.7 Å². The Morgan fingerprint density at radius 2 is 1.88 bits per heavy atom. The second-order valence-electron chi connectivity index (χ2n) is 6.76. The SMILES string of the molecule is CCc1ccccc1Nc1cncc(C(=O)NC2CCCCCC2)c1. The van der Waals surface area contributed by atoms with Gasteiger partial charge in [-0.2, -0.15) is 0 Å². The maximum atomic E-state index is 12.6. The number of carbonyl (C=O) groups excluding carboxylic acids is 1. The Bertz CT molecular complexity index is 706. The quantitative estimate of drug-likeness (QED) is 0.768. The molecule has 0 radical (unpaired) electrons. The molecule has 0 aliphatic heterocycles. The summed E-state index contributed by atoms with van der Waals surface area (Å²) < 4.78 is 0. The summed E-state index contributed by atoms with van der Waals surface area (Å²) in [6.07, 6.45) is 11.5. The maximum absolute atomic E-state index is 12.6. The Kier molecular flexibility index (Phi) is 6.04.